The zero-order valence-corrected chi connectivity index (χ0v) is 40.3. The Kier molecular flexibility index (Phi) is 12.9. The molecule has 1 aliphatic rings. The molecule has 1 aliphatic carbocycles. The molecule has 8 aromatic carbocycles. The first-order valence-electron chi connectivity index (χ1n) is 25.2. The average Bonchev–Trinajstić information content (AvgIpc) is 3.85. The van der Waals surface area contributed by atoms with Crippen molar-refractivity contribution in [2.24, 2.45) is 0 Å². The fourth-order valence-electron chi connectivity index (χ4n) is 11.1. The molecule has 0 radical (unpaired) electrons. The van der Waals surface area contributed by atoms with Gasteiger partial charge < -0.3 is 9.47 Å². The van der Waals surface area contributed by atoms with E-state index in [2.05, 4.69) is 219 Å². The minimum absolute atomic E-state index is 0.123. The minimum Gasteiger partial charge on any atom is -0.310 e. The second-order valence-corrected chi connectivity index (χ2v) is 19.1. The van der Waals surface area contributed by atoms with Crippen LogP contribution in [-0.2, 0) is 5.41 Å². The van der Waals surface area contributed by atoms with Gasteiger partial charge in [0.1, 0.15) is 0 Å². The summed E-state index contributed by atoms with van der Waals surface area (Å²) < 4.78 is 2.54. The van der Waals surface area contributed by atoms with Gasteiger partial charge in [0, 0.05) is 38.9 Å². The van der Waals surface area contributed by atoms with Crippen molar-refractivity contribution in [1.82, 2.24) is 4.57 Å². The number of aromatic nitrogens is 1. The van der Waals surface area contributed by atoms with E-state index in [9.17, 15) is 0 Å². The monoisotopic (exact) mass is 885 g/mol. The Labute approximate surface area is 405 Å². The SMILES string of the molecule is C=Cc1ccc(-c2ccc3c(c2)c2cc(-c4ccc(C=C)cc4)ccc2n3-c2ccc3c(c2)C(CCCCCC)(CCCCCC)c2cc(N(c4ccccc4)c4ccc(C)cc4)ccc2-3)cc1. The van der Waals surface area contributed by atoms with E-state index in [-0.39, 0.29) is 5.41 Å². The maximum absolute atomic E-state index is 4.00. The number of anilines is 3. The van der Waals surface area contributed by atoms with Gasteiger partial charge in [0.15, 0.2) is 0 Å². The van der Waals surface area contributed by atoms with Crippen LogP contribution in [0.5, 0.6) is 0 Å². The fourth-order valence-corrected chi connectivity index (χ4v) is 11.1. The van der Waals surface area contributed by atoms with Crippen LogP contribution in [0.1, 0.15) is 106 Å². The molecule has 10 rings (SSSR count). The van der Waals surface area contributed by atoms with Gasteiger partial charge in [-0.25, -0.2) is 0 Å². The molecule has 338 valence electrons. The molecule has 2 nitrogen and oxygen atoms in total. The average molecular weight is 885 g/mol. The molecule has 0 unspecified atom stereocenters. The summed E-state index contributed by atoms with van der Waals surface area (Å²) in [5.41, 5.74) is 21.2. The van der Waals surface area contributed by atoms with E-state index in [1.54, 1.807) is 0 Å². The summed E-state index contributed by atoms with van der Waals surface area (Å²) in [6, 6.07) is 66.4. The fraction of sp³-hybridized carbons (Fsp3) is 0.212. The van der Waals surface area contributed by atoms with Gasteiger partial charge in [-0.2, -0.15) is 0 Å². The van der Waals surface area contributed by atoms with E-state index in [1.807, 2.05) is 12.2 Å². The summed E-state index contributed by atoms with van der Waals surface area (Å²) in [6.45, 7) is 14.8. The predicted molar refractivity (Wildman–Crippen MR) is 295 cm³/mol. The molecule has 0 bridgehead atoms. The highest BCUT2D eigenvalue weighted by molar-refractivity contribution is 6.12. The zero-order chi connectivity index (χ0) is 46.6. The number of rotatable bonds is 18. The van der Waals surface area contributed by atoms with E-state index in [4.69, 9.17) is 0 Å². The lowest BCUT2D eigenvalue weighted by atomic mass is 9.70. The third-order valence-electron chi connectivity index (χ3n) is 14.8. The van der Waals surface area contributed by atoms with E-state index in [0.29, 0.717) is 0 Å². The molecule has 68 heavy (non-hydrogen) atoms. The number of aryl methyl sites for hydroxylation is 1. The van der Waals surface area contributed by atoms with Crippen molar-refractivity contribution in [3.8, 4) is 39.1 Å². The zero-order valence-electron chi connectivity index (χ0n) is 40.3. The van der Waals surface area contributed by atoms with Gasteiger partial charge in [0.25, 0.3) is 0 Å². The lowest BCUT2D eigenvalue weighted by Crippen LogP contribution is -2.26. The van der Waals surface area contributed by atoms with Gasteiger partial charge in [0.2, 0.25) is 0 Å². The maximum Gasteiger partial charge on any atom is 0.0541 e. The van der Waals surface area contributed by atoms with Crippen molar-refractivity contribution in [1.29, 1.82) is 0 Å². The number of nitrogens with zero attached hydrogens (tertiary/aromatic N) is 2. The van der Waals surface area contributed by atoms with Crippen LogP contribution in [0.3, 0.4) is 0 Å². The third kappa shape index (κ3) is 8.43. The van der Waals surface area contributed by atoms with Crippen LogP contribution in [0, 0.1) is 6.92 Å². The van der Waals surface area contributed by atoms with Gasteiger partial charge in [0.05, 0.1) is 11.0 Å². The molecule has 0 aliphatic heterocycles. The molecule has 0 N–H and O–H groups in total. The van der Waals surface area contributed by atoms with Crippen molar-refractivity contribution in [3.63, 3.8) is 0 Å². The Morgan fingerprint density at radius 3 is 1.47 bits per heavy atom. The van der Waals surface area contributed by atoms with Gasteiger partial charge in [-0.3, -0.25) is 0 Å². The van der Waals surface area contributed by atoms with Crippen LogP contribution >= 0.6 is 0 Å². The van der Waals surface area contributed by atoms with Crippen molar-refractivity contribution >= 4 is 51.0 Å². The predicted octanol–water partition coefficient (Wildman–Crippen LogP) is 19.4. The lowest BCUT2D eigenvalue weighted by Gasteiger charge is -2.34. The third-order valence-corrected chi connectivity index (χ3v) is 14.8. The highest BCUT2D eigenvalue weighted by atomic mass is 15.1. The van der Waals surface area contributed by atoms with Gasteiger partial charge in [-0.15, -0.1) is 0 Å². The number of hydrogen-bond acceptors (Lipinski definition) is 1. The molecule has 1 aromatic heterocycles. The standard InChI is InChI=1S/C66H64N2/c1-6-10-12-17-41-66(42-18-13-11-7-2)62-45-56(67(54-19-15-14-16-20-54)55-33-21-47(5)22-34-55)35-37-58(62)59-38-36-57(46-63(59)66)68-64-39-31-52(50-27-23-48(8-3)24-28-50)43-60(64)61-44-53(32-40-65(61)68)51-29-25-49(9-4)26-30-51/h8-9,14-16,19-40,43-46H,3-4,6-7,10-13,17-18,41-42H2,1-2,5H3. The van der Waals surface area contributed by atoms with E-state index < -0.39 is 0 Å². The van der Waals surface area contributed by atoms with Crippen molar-refractivity contribution in [2.45, 2.75) is 90.4 Å². The summed E-state index contributed by atoms with van der Waals surface area (Å²) in [5, 5.41) is 2.51. The minimum atomic E-state index is -0.123. The van der Waals surface area contributed by atoms with Crippen LogP contribution < -0.4 is 4.90 Å². The lowest BCUT2D eigenvalue weighted by molar-refractivity contribution is 0.401. The molecule has 1 heterocycles. The molecule has 0 saturated heterocycles. The van der Waals surface area contributed by atoms with Gasteiger partial charge >= 0.3 is 0 Å². The first kappa shape index (κ1) is 44.7. The number of hydrogen-bond donors (Lipinski definition) is 0. The van der Waals surface area contributed by atoms with Gasteiger partial charge in [-0.1, -0.05) is 199 Å². The van der Waals surface area contributed by atoms with Crippen molar-refractivity contribution < 1.29 is 0 Å². The second kappa shape index (κ2) is 19.6. The molecular formula is C66H64N2. The number of fused-ring (bicyclic) bond motifs is 6. The largest absolute Gasteiger partial charge is 0.310 e. The molecule has 9 aromatic rings. The van der Waals surface area contributed by atoms with Crippen molar-refractivity contribution in [3.05, 3.63) is 217 Å². The van der Waals surface area contributed by atoms with E-state index >= 15 is 0 Å². The molecule has 0 saturated carbocycles. The van der Waals surface area contributed by atoms with Gasteiger partial charge in [-0.05, 0) is 148 Å². The van der Waals surface area contributed by atoms with E-state index in [1.165, 1.54) is 146 Å². The van der Waals surface area contributed by atoms with Crippen molar-refractivity contribution in [2.75, 3.05) is 4.90 Å². The first-order chi connectivity index (χ1) is 33.4. The number of unbranched alkanes of at least 4 members (excludes halogenated alkanes) is 6. The van der Waals surface area contributed by atoms with Crippen LogP contribution in [0.4, 0.5) is 17.1 Å². The Morgan fingerprint density at radius 2 is 0.941 bits per heavy atom. The smallest absolute Gasteiger partial charge is 0.0541 e. The molecule has 2 heteroatoms. The Morgan fingerprint density at radius 1 is 0.456 bits per heavy atom. The van der Waals surface area contributed by atoms with E-state index in [0.717, 1.165) is 24.0 Å². The highest BCUT2D eigenvalue weighted by Gasteiger charge is 2.43. The Bertz CT molecular complexity index is 3100. The quantitative estimate of drug-likeness (QED) is 0.0780. The summed E-state index contributed by atoms with van der Waals surface area (Å²) >= 11 is 0. The number of benzene rings is 8. The Hall–Kier alpha value is -7.16. The summed E-state index contributed by atoms with van der Waals surface area (Å²) in [7, 11) is 0. The molecule has 0 amide bonds. The Balaban J connectivity index is 1.17. The topological polar surface area (TPSA) is 8.17 Å². The molecular weight excluding hydrogens is 821 g/mol. The highest BCUT2D eigenvalue weighted by Crippen LogP contribution is 2.56. The normalized spacial score (nSPS) is 12.6. The summed E-state index contributed by atoms with van der Waals surface area (Å²) in [4.78, 5) is 2.45. The van der Waals surface area contributed by atoms with Crippen LogP contribution in [0.2, 0.25) is 0 Å². The summed E-state index contributed by atoms with van der Waals surface area (Å²) in [5.74, 6) is 0. The summed E-state index contributed by atoms with van der Waals surface area (Å²) in [6.07, 6.45) is 16.0. The molecule has 0 atom stereocenters. The molecule has 0 spiro atoms. The second-order valence-electron chi connectivity index (χ2n) is 19.1. The van der Waals surface area contributed by atoms with Crippen LogP contribution in [0.15, 0.2) is 189 Å². The number of para-hydroxylation sites is 1. The first-order valence-corrected chi connectivity index (χ1v) is 25.2. The van der Waals surface area contributed by atoms with Crippen LogP contribution in [0.25, 0.3) is 73.0 Å². The maximum atomic E-state index is 4.00. The van der Waals surface area contributed by atoms with Crippen LogP contribution in [-0.4, -0.2) is 4.57 Å². The molecule has 0 fully saturated rings.